The van der Waals surface area contributed by atoms with Crippen molar-refractivity contribution < 1.29 is 14.6 Å². The van der Waals surface area contributed by atoms with Gasteiger partial charge in [0.15, 0.2) is 6.10 Å². The number of aromatic nitrogens is 1. The maximum absolute atomic E-state index is 10.8. The van der Waals surface area contributed by atoms with E-state index in [0.717, 1.165) is 20.8 Å². The molecule has 0 aliphatic heterocycles. The van der Waals surface area contributed by atoms with Crippen LogP contribution in [0.5, 0.6) is 5.75 Å². The predicted octanol–water partition coefficient (Wildman–Crippen LogP) is 3.82. The van der Waals surface area contributed by atoms with E-state index in [0.29, 0.717) is 5.75 Å². The molecule has 2 aromatic carbocycles. The van der Waals surface area contributed by atoms with Crippen molar-refractivity contribution in [2.24, 2.45) is 0 Å². The maximum Gasteiger partial charge on any atom is 0.344 e. The van der Waals surface area contributed by atoms with Gasteiger partial charge in [-0.25, -0.2) is 9.78 Å². The molecule has 0 fully saturated rings. The first-order valence-corrected chi connectivity index (χ1v) is 7.30. The highest BCUT2D eigenvalue weighted by molar-refractivity contribution is 7.21. The fraction of sp³-hybridized carbons (Fsp3) is 0.125. The van der Waals surface area contributed by atoms with Crippen LogP contribution in [0.25, 0.3) is 20.8 Å². The molecule has 1 atom stereocenters. The van der Waals surface area contributed by atoms with Gasteiger partial charge >= 0.3 is 5.97 Å². The van der Waals surface area contributed by atoms with Crippen LogP contribution < -0.4 is 4.74 Å². The van der Waals surface area contributed by atoms with Gasteiger partial charge in [-0.1, -0.05) is 12.1 Å². The average molecular weight is 299 g/mol. The van der Waals surface area contributed by atoms with Crippen LogP contribution in [-0.2, 0) is 4.79 Å². The molecule has 3 aromatic rings. The van der Waals surface area contributed by atoms with Crippen LogP contribution in [0.3, 0.4) is 0 Å². The van der Waals surface area contributed by atoms with Crippen LogP contribution in [-0.4, -0.2) is 22.2 Å². The second kappa shape index (κ2) is 5.54. The van der Waals surface area contributed by atoms with Gasteiger partial charge in [-0.05, 0) is 43.3 Å². The van der Waals surface area contributed by atoms with Gasteiger partial charge in [-0.15, -0.1) is 11.3 Å². The number of fused-ring (bicyclic) bond motifs is 1. The van der Waals surface area contributed by atoms with Gasteiger partial charge in [0.1, 0.15) is 10.8 Å². The molecule has 106 valence electrons. The highest BCUT2D eigenvalue weighted by Crippen LogP contribution is 2.30. The van der Waals surface area contributed by atoms with E-state index in [1.54, 1.807) is 23.5 Å². The minimum absolute atomic E-state index is 0.537. The highest BCUT2D eigenvalue weighted by atomic mass is 32.1. The van der Waals surface area contributed by atoms with E-state index in [4.69, 9.17) is 9.84 Å². The van der Waals surface area contributed by atoms with Crippen LogP contribution in [0.2, 0.25) is 0 Å². The fourth-order valence-electron chi connectivity index (χ4n) is 1.93. The number of carbonyl (C=O) groups is 1. The predicted molar refractivity (Wildman–Crippen MR) is 82.8 cm³/mol. The lowest BCUT2D eigenvalue weighted by molar-refractivity contribution is -0.144. The third-order valence-corrected chi connectivity index (χ3v) is 4.14. The molecule has 0 saturated heterocycles. The third-order valence-electron chi connectivity index (χ3n) is 3.06. The fourth-order valence-corrected chi connectivity index (χ4v) is 2.90. The summed E-state index contributed by atoms with van der Waals surface area (Å²) in [6, 6.07) is 15.3. The lowest BCUT2D eigenvalue weighted by atomic mass is 10.2. The van der Waals surface area contributed by atoms with E-state index in [-0.39, 0.29) is 0 Å². The van der Waals surface area contributed by atoms with Gasteiger partial charge in [-0.3, -0.25) is 0 Å². The smallest absolute Gasteiger partial charge is 0.344 e. The van der Waals surface area contributed by atoms with E-state index in [2.05, 4.69) is 4.98 Å². The molecule has 1 heterocycles. The van der Waals surface area contributed by atoms with E-state index < -0.39 is 12.1 Å². The second-order valence-electron chi connectivity index (χ2n) is 4.61. The van der Waals surface area contributed by atoms with Crippen molar-refractivity contribution in [3.8, 4) is 16.3 Å². The number of para-hydroxylation sites is 1. The van der Waals surface area contributed by atoms with Gasteiger partial charge in [0, 0.05) is 5.56 Å². The molecule has 1 unspecified atom stereocenters. The quantitative estimate of drug-likeness (QED) is 0.795. The average Bonchev–Trinajstić information content (AvgIpc) is 2.91. The van der Waals surface area contributed by atoms with Crippen molar-refractivity contribution in [2.45, 2.75) is 13.0 Å². The summed E-state index contributed by atoms with van der Waals surface area (Å²) >= 11 is 1.63. The summed E-state index contributed by atoms with van der Waals surface area (Å²) < 4.78 is 6.45. The number of carboxylic acid groups (broad SMARTS) is 1. The molecule has 0 bridgehead atoms. The molecule has 3 rings (SSSR count). The number of benzene rings is 2. The zero-order valence-corrected chi connectivity index (χ0v) is 12.1. The van der Waals surface area contributed by atoms with Gasteiger partial charge in [0.2, 0.25) is 0 Å². The molecular weight excluding hydrogens is 286 g/mol. The number of aliphatic carboxylic acids is 1. The third kappa shape index (κ3) is 2.87. The van der Waals surface area contributed by atoms with E-state index in [1.165, 1.54) is 6.92 Å². The minimum Gasteiger partial charge on any atom is -0.479 e. The van der Waals surface area contributed by atoms with Crippen molar-refractivity contribution in [3.63, 3.8) is 0 Å². The van der Waals surface area contributed by atoms with Crippen molar-refractivity contribution >= 4 is 27.5 Å². The molecule has 4 nitrogen and oxygen atoms in total. The van der Waals surface area contributed by atoms with Crippen molar-refractivity contribution in [3.05, 3.63) is 48.5 Å². The summed E-state index contributed by atoms with van der Waals surface area (Å²) in [5, 5.41) is 9.76. The lowest BCUT2D eigenvalue weighted by Gasteiger charge is -2.10. The zero-order chi connectivity index (χ0) is 14.8. The molecule has 1 aromatic heterocycles. The Hall–Kier alpha value is -2.40. The number of rotatable bonds is 4. The first kappa shape index (κ1) is 13.6. The molecule has 0 radical (unpaired) electrons. The Kier molecular flexibility index (Phi) is 3.58. The molecule has 1 N–H and O–H groups in total. The van der Waals surface area contributed by atoms with E-state index in [9.17, 15) is 4.79 Å². The van der Waals surface area contributed by atoms with Crippen molar-refractivity contribution in [1.29, 1.82) is 0 Å². The molecule has 0 aliphatic carbocycles. The Morgan fingerprint density at radius 1 is 1.19 bits per heavy atom. The summed E-state index contributed by atoms with van der Waals surface area (Å²) in [7, 11) is 0. The Balaban J connectivity index is 1.85. The molecule has 21 heavy (non-hydrogen) atoms. The van der Waals surface area contributed by atoms with E-state index >= 15 is 0 Å². The Morgan fingerprint density at radius 3 is 2.57 bits per heavy atom. The van der Waals surface area contributed by atoms with Crippen LogP contribution in [0, 0.1) is 0 Å². The zero-order valence-electron chi connectivity index (χ0n) is 11.3. The first-order chi connectivity index (χ1) is 10.1. The monoisotopic (exact) mass is 299 g/mol. The normalized spacial score (nSPS) is 12.2. The van der Waals surface area contributed by atoms with Gasteiger partial charge < -0.3 is 9.84 Å². The van der Waals surface area contributed by atoms with Crippen LogP contribution >= 0.6 is 11.3 Å². The largest absolute Gasteiger partial charge is 0.479 e. The van der Waals surface area contributed by atoms with Crippen molar-refractivity contribution in [1.82, 2.24) is 4.98 Å². The van der Waals surface area contributed by atoms with Gasteiger partial charge in [-0.2, -0.15) is 0 Å². The first-order valence-electron chi connectivity index (χ1n) is 6.49. The maximum atomic E-state index is 10.8. The Bertz CT molecular complexity index is 747. The van der Waals surface area contributed by atoms with E-state index in [1.807, 2.05) is 36.4 Å². The number of hydrogen-bond donors (Lipinski definition) is 1. The molecule has 0 amide bonds. The summed E-state index contributed by atoms with van der Waals surface area (Å²) in [4.78, 5) is 15.3. The Morgan fingerprint density at radius 2 is 1.90 bits per heavy atom. The molecular formula is C16H13NO3S. The second-order valence-corrected chi connectivity index (χ2v) is 5.64. The lowest BCUT2D eigenvalue weighted by Crippen LogP contribution is -2.22. The molecule has 0 aliphatic rings. The summed E-state index contributed by atoms with van der Waals surface area (Å²) in [5.74, 6) is -0.444. The topological polar surface area (TPSA) is 59.4 Å². The molecule has 5 heteroatoms. The SMILES string of the molecule is CC(Oc1ccc(-c2nc3ccccc3s2)cc1)C(=O)O. The number of hydrogen-bond acceptors (Lipinski definition) is 4. The van der Waals surface area contributed by atoms with Crippen LogP contribution in [0.1, 0.15) is 6.92 Å². The standard InChI is InChI=1S/C16H13NO3S/c1-10(16(18)19)20-12-8-6-11(7-9-12)15-17-13-4-2-3-5-14(13)21-15/h2-10H,1H3,(H,18,19). The number of thiazole rings is 1. The Labute approximate surface area is 125 Å². The summed E-state index contributed by atoms with van der Waals surface area (Å²) in [5.41, 5.74) is 1.98. The molecule has 0 saturated carbocycles. The summed E-state index contributed by atoms with van der Waals surface area (Å²) in [6.07, 6.45) is -0.863. The molecule has 0 spiro atoms. The highest BCUT2D eigenvalue weighted by Gasteiger charge is 2.12. The van der Waals surface area contributed by atoms with Gasteiger partial charge in [0.05, 0.1) is 10.2 Å². The van der Waals surface area contributed by atoms with Gasteiger partial charge in [0.25, 0.3) is 0 Å². The summed E-state index contributed by atoms with van der Waals surface area (Å²) in [6.45, 7) is 1.50. The number of nitrogens with zero attached hydrogens (tertiary/aromatic N) is 1. The van der Waals surface area contributed by atoms with Crippen LogP contribution in [0.15, 0.2) is 48.5 Å². The number of carboxylic acids is 1. The minimum atomic E-state index is -0.981. The van der Waals surface area contributed by atoms with Crippen molar-refractivity contribution in [2.75, 3.05) is 0 Å². The van der Waals surface area contributed by atoms with Crippen LogP contribution in [0.4, 0.5) is 0 Å². The number of ether oxygens (including phenoxy) is 1.